The summed E-state index contributed by atoms with van der Waals surface area (Å²) in [7, 11) is -3.55. The van der Waals surface area contributed by atoms with E-state index in [1.165, 1.54) is 0 Å². The minimum absolute atomic E-state index is 0.255. The molecule has 0 N–H and O–H groups in total. The molecule has 0 bridgehead atoms. The first kappa shape index (κ1) is 17.4. The van der Waals surface area contributed by atoms with Crippen LogP contribution in [0.2, 0.25) is 0 Å². The molecule has 1 aliphatic heterocycles. The summed E-state index contributed by atoms with van der Waals surface area (Å²) in [5, 5.41) is 0. The van der Waals surface area contributed by atoms with E-state index < -0.39 is 10.0 Å². The lowest BCUT2D eigenvalue weighted by molar-refractivity contribution is 0.280. The Kier molecular flexibility index (Phi) is 4.88. The molecule has 1 saturated heterocycles. The van der Waals surface area contributed by atoms with Gasteiger partial charge in [0.25, 0.3) is 0 Å². The second kappa shape index (κ2) is 7.30. The number of aromatic nitrogens is 2. The summed E-state index contributed by atoms with van der Waals surface area (Å²) in [5.74, 6) is 1.15. The van der Waals surface area contributed by atoms with Crippen LogP contribution in [0.25, 0.3) is 11.0 Å². The molecule has 26 heavy (non-hydrogen) atoms. The average Bonchev–Trinajstić information content (AvgIpc) is 3.32. The molecule has 1 aromatic heterocycles. The zero-order chi connectivity index (χ0) is 18.0. The van der Waals surface area contributed by atoms with E-state index in [-0.39, 0.29) is 4.90 Å². The molecule has 4 rings (SSSR count). The van der Waals surface area contributed by atoms with Crippen molar-refractivity contribution in [2.75, 3.05) is 19.7 Å². The van der Waals surface area contributed by atoms with Crippen molar-refractivity contribution in [2.24, 2.45) is 5.92 Å². The van der Waals surface area contributed by atoms with Crippen LogP contribution in [0.15, 0.2) is 53.4 Å². The Balaban J connectivity index is 1.41. The summed E-state index contributed by atoms with van der Waals surface area (Å²) in [4.78, 5) is 0.255. The summed E-state index contributed by atoms with van der Waals surface area (Å²) in [6.45, 7) is 1.65. The van der Waals surface area contributed by atoms with Crippen molar-refractivity contribution in [1.29, 1.82) is 0 Å². The van der Waals surface area contributed by atoms with Gasteiger partial charge in [-0.15, -0.1) is 0 Å². The van der Waals surface area contributed by atoms with Crippen molar-refractivity contribution in [3.8, 4) is 5.75 Å². The highest BCUT2D eigenvalue weighted by Crippen LogP contribution is 2.29. The largest absolute Gasteiger partial charge is 0.494 e. The maximum atomic E-state index is 13.0. The van der Waals surface area contributed by atoms with Gasteiger partial charge in [-0.05, 0) is 43.0 Å². The van der Waals surface area contributed by atoms with E-state index in [1.54, 1.807) is 22.5 Å². The Morgan fingerprint density at radius 2 is 1.96 bits per heavy atom. The normalized spacial score (nSPS) is 18.4. The maximum Gasteiger partial charge on any atom is 0.245 e. The van der Waals surface area contributed by atoms with Gasteiger partial charge in [0.05, 0.1) is 18.3 Å². The van der Waals surface area contributed by atoms with Crippen molar-refractivity contribution in [3.63, 3.8) is 0 Å². The van der Waals surface area contributed by atoms with E-state index in [1.807, 2.05) is 30.3 Å². The van der Waals surface area contributed by atoms with Crippen LogP contribution in [0.4, 0.5) is 0 Å². The van der Waals surface area contributed by atoms with Gasteiger partial charge < -0.3 is 4.74 Å². The minimum atomic E-state index is -3.55. The Morgan fingerprint density at radius 1 is 1.12 bits per heavy atom. The number of para-hydroxylation sites is 1. The Hall–Kier alpha value is -2.03. The molecule has 1 unspecified atom stereocenters. The van der Waals surface area contributed by atoms with Gasteiger partial charge in [-0.1, -0.05) is 24.3 Å². The Bertz CT molecular complexity index is 989. The number of hydrogen-bond donors (Lipinski definition) is 0. The summed E-state index contributed by atoms with van der Waals surface area (Å²) >= 11 is 1.04. The van der Waals surface area contributed by atoms with Crippen LogP contribution < -0.4 is 4.74 Å². The molecule has 6 nitrogen and oxygen atoms in total. The van der Waals surface area contributed by atoms with Crippen LogP contribution in [0, 0.1) is 5.92 Å². The molecule has 0 amide bonds. The van der Waals surface area contributed by atoms with Crippen LogP contribution in [-0.2, 0) is 10.0 Å². The first-order valence-electron chi connectivity index (χ1n) is 8.54. The third-order valence-corrected chi connectivity index (χ3v) is 7.09. The predicted octanol–water partition coefficient (Wildman–Crippen LogP) is 3.17. The van der Waals surface area contributed by atoms with Crippen molar-refractivity contribution >= 4 is 32.8 Å². The van der Waals surface area contributed by atoms with Crippen LogP contribution >= 0.6 is 11.7 Å². The van der Waals surface area contributed by atoms with Gasteiger partial charge in [0.1, 0.15) is 21.7 Å². The topological polar surface area (TPSA) is 72.4 Å². The van der Waals surface area contributed by atoms with E-state index in [0.29, 0.717) is 36.6 Å². The highest BCUT2D eigenvalue weighted by Gasteiger charge is 2.34. The van der Waals surface area contributed by atoms with E-state index in [2.05, 4.69) is 8.75 Å². The first-order chi connectivity index (χ1) is 12.6. The van der Waals surface area contributed by atoms with E-state index in [4.69, 9.17) is 4.74 Å². The van der Waals surface area contributed by atoms with Crippen molar-refractivity contribution in [3.05, 3.63) is 48.5 Å². The van der Waals surface area contributed by atoms with Crippen LogP contribution in [0.1, 0.15) is 12.8 Å². The molecule has 8 heteroatoms. The zero-order valence-electron chi connectivity index (χ0n) is 14.1. The highest BCUT2D eigenvalue weighted by molar-refractivity contribution is 7.89. The van der Waals surface area contributed by atoms with Gasteiger partial charge in [0.15, 0.2) is 0 Å². The second-order valence-electron chi connectivity index (χ2n) is 6.36. The minimum Gasteiger partial charge on any atom is -0.494 e. The monoisotopic (exact) mass is 389 g/mol. The van der Waals surface area contributed by atoms with Gasteiger partial charge in [-0.2, -0.15) is 13.1 Å². The van der Waals surface area contributed by atoms with Gasteiger partial charge in [0, 0.05) is 13.1 Å². The molecule has 1 aliphatic rings. The lowest BCUT2D eigenvalue weighted by Crippen LogP contribution is -2.29. The molecule has 1 atom stereocenters. The first-order valence-corrected chi connectivity index (χ1v) is 10.7. The quantitative estimate of drug-likeness (QED) is 0.647. The second-order valence-corrected chi connectivity index (χ2v) is 8.79. The molecular formula is C18H19N3O3S2. The molecular weight excluding hydrogens is 370 g/mol. The number of benzene rings is 2. The van der Waals surface area contributed by atoms with Crippen LogP contribution in [-0.4, -0.2) is 41.2 Å². The lowest BCUT2D eigenvalue weighted by Gasteiger charge is -2.17. The van der Waals surface area contributed by atoms with Crippen molar-refractivity contribution in [2.45, 2.75) is 17.7 Å². The van der Waals surface area contributed by atoms with Gasteiger partial charge >= 0.3 is 0 Å². The number of nitrogens with zero attached hydrogens (tertiary/aromatic N) is 3. The molecule has 0 aliphatic carbocycles. The average molecular weight is 390 g/mol. The molecule has 2 heterocycles. The van der Waals surface area contributed by atoms with Gasteiger partial charge in [-0.3, -0.25) is 0 Å². The molecule has 2 aromatic carbocycles. The molecule has 0 radical (unpaired) electrons. The number of hydrogen-bond acceptors (Lipinski definition) is 6. The van der Waals surface area contributed by atoms with E-state index in [0.717, 1.165) is 30.3 Å². The smallest absolute Gasteiger partial charge is 0.245 e. The zero-order valence-corrected chi connectivity index (χ0v) is 15.7. The van der Waals surface area contributed by atoms with E-state index in [9.17, 15) is 8.42 Å². The fraction of sp³-hybridized carbons (Fsp3) is 0.333. The highest BCUT2D eigenvalue weighted by atomic mass is 32.2. The van der Waals surface area contributed by atoms with E-state index >= 15 is 0 Å². The number of fused-ring (bicyclic) bond motifs is 1. The molecule has 1 fully saturated rings. The maximum absolute atomic E-state index is 13.0. The molecule has 0 spiro atoms. The molecule has 3 aromatic rings. The number of sulfonamides is 1. The predicted molar refractivity (Wildman–Crippen MR) is 101 cm³/mol. The molecule has 136 valence electrons. The molecule has 0 saturated carbocycles. The lowest BCUT2D eigenvalue weighted by atomic mass is 10.1. The third kappa shape index (κ3) is 3.44. The summed E-state index contributed by atoms with van der Waals surface area (Å²) in [5.41, 5.74) is 1.09. The SMILES string of the molecule is O=S(=O)(c1cccc2nsnc12)N1CCC(CCOc2ccccc2)C1. The van der Waals surface area contributed by atoms with Gasteiger partial charge in [-0.25, -0.2) is 8.42 Å². The van der Waals surface area contributed by atoms with Gasteiger partial charge in [0.2, 0.25) is 10.0 Å². The number of ether oxygens (including phenoxy) is 1. The number of rotatable bonds is 6. The third-order valence-electron chi connectivity index (χ3n) is 4.65. The summed E-state index contributed by atoms with van der Waals surface area (Å²) in [6.07, 6.45) is 1.69. The van der Waals surface area contributed by atoms with Crippen molar-refractivity contribution < 1.29 is 13.2 Å². The van der Waals surface area contributed by atoms with Crippen LogP contribution in [0.3, 0.4) is 0 Å². The fourth-order valence-corrected chi connectivity index (χ4v) is 5.52. The van der Waals surface area contributed by atoms with Crippen molar-refractivity contribution in [1.82, 2.24) is 13.1 Å². The van der Waals surface area contributed by atoms with Crippen LogP contribution in [0.5, 0.6) is 5.75 Å². The Morgan fingerprint density at radius 3 is 2.81 bits per heavy atom. The fourth-order valence-electron chi connectivity index (χ4n) is 3.24. The summed E-state index contributed by atoms with van der Waals surface area (Å²) < 4.78 is 41.6. The Labute approximate surface area is 156 Å². The standard InChI is InChI=1S/C18H19N3O3S2/c22-26(23,17-8-4-7-16-18(17)20-25-19-16)21-11-9-14(13-21)10-12-24-15-5-2-1-3-6-15/h1-8,14H,9-13H2. The summed E-state index contributed by atoms with van der Waals surface area (Å²) in [6, 6.07) is 14.8.